The van der Waals surface area contributed by atoms with Crippen molar-refractivity contribution in [1.29, 1.82) is 5.26 Å². The summed E-state index contributed by atoms with van der Waals surface area (Å²) in [5.41, 5.74) is 1.23. The summed E-state index contributed by atoms with van der Waals surface area (Å²) >= 11 is 0. The van der Waals surface area contributed by atoms with E-state index in [4.69, 9.17) is 5.26 Å². The summed E-state index contributed by atoms with van der Waals surface area (Å²) < 4.78 is 14.0. The fourth-order valence-corrected chi connectivity index (χ4v) is 6.07. The Morgan fingerprint density at radius 3 is 1.97 bits per heavy atom. The maximum Gasteiger partial charge on any atom is 0.141 e. The number of unbranched alkanes of at least 4 members (excludes halogenated alkanes) is 7. The Bertz CT molecular complexity index is 745. The van der Waals surface area contributed by atoms with Crippen molar-refractivity contribution in [3.8, 4) is 6.07 Å². The average molecular weight is 452 g/mol. The Morgan fingerprint density at radius 2 is 1.39 bits per heavy atom. The van der Waals surface area contributed by atoms with Gasteiger partial charge in [-0.3, -0.25) is 0 Å². The monoisotopic (exact) mass is 451 g/mol. The van der Waals surface area contributed by atoms with E-state index in [0.29, 0.717) is 11.8 Å². The summed E-state index contributed by atoms with van der Waals surface area (Å²) in [6.07, 6.45) is 28.3. The van der Waals surface area contributed by atoms with Crippen LogP contribution in [0.2, 0.25) is 0 Å². The van der Waals surface area contributed by atoms with Gasteiger partial charge in [-0.1, -0.05) is 82.9 Å². The third-order valence-electron chi connectivity index (χ3n) is 8.37. The molecule has 2 aliphatic carbocycles. The molecule has 0 unspecified atom stereocenters. The van der Waals surface area contributed by atoms with Gasteiger partial charge in [-0.15, -0.1) is 0 Å². The predicted octanol–water partition coefficient (Wildman–Crippen LogP) is 9.86. The van der Waals surface area contributed by atoms with Crippen LogP contribution in [0.15, 0.2) is 30.4 Å². The molecule has 1 aromatic carbocycles. The van der Waals surface area contributed by atoms with Crippen LogP contribution in [0.5, 0.6) is 0 Å². The number of halogens is 1. The van der Waals surface area contributed by atoms with Gasteiger partial charge in [0.05, 0.1) is 5.56 Å². The lowest BCUT2D eigenvalue weighted by atomic mass is 9.76. The van der Waals surface area contributed by atoms with E-state index >= 15 is 0 Å². The Balaban J connectivity index is 1.27. The number of rotatable bonds is 12. The van der Waals surface area contributed by atoms with Crippen LogP contribution < -0.4 is 0 Å². The molecule has 0 aromatic heterocycles. The Kier molecular flexibility index (Phi) is 11.5. The zero-order valence-electron chi connectivity index (χ0n) is 21.0. The van der Waals surface area contributed by atoms with Gasteiger partial charge in [0.15, 0.2) is 0 Å². The van der Waals surface area contributed by atoms with Gasteiger partial charge < -0.3 is 0 Å². The molecule has 1 nitrogen and oxygen atoms in total. The quantitative estimate of drug-likeness (QED) is 0.229. The van der Waals surface area contributed by atoms with Gasteiger partial charge in [0.2, 0.25) is 0 Å². The van der Waals surface area contributed by atoms with E-state index in [1.807, 2.05) is 12.1 Å². The van der Waals surface area contributed by atoms with Crippen LogP contribution in [0.25, 0.3) is 0 Å². The van der Waals surface area contributed by atoms with Crippen molar-refractivity contribution in [2.75, 3.05) is 0 Å². The van der Waals surface area contributed by atoms with Crippen LogP contribution in [-0.2, 0) is 0 Å². The fourth-order valence-electron chi connectivity index (χ4n) is 6.07. The van der Waals surface area contributed by atoms with Crippen molar-refractivity contribution in [1.82, 2.24) is 0 Å². The van der Waals surface area contributed by atoms with Crippen molar-refractivity contribution in [3.05, 3.63) is 47.3 Å². The lowest BCUT2D eigenvalue weighted by Crippen LogP contribution is -2.15. The van der Waals surface area contributed by atoms with Gasteiger partial charge in [0.25, 0.3) is 0 Å². The number of nitriles is 1. The second-order valence-corrected chi connectivity index (χ2v) is 10.9. The van der Waals surface area contributed by atoms with Crippen molar-refractivity contribution in [3.63, 3.8) is 0 Å². The number of benzene rings is 1. The van der Waals surface area contributed by atoms with E-state index in [9.17, 15) is 4.39 Å². The Hall–Kier alpha value is -1.62. The summed E-state index contributed by atoms with van der Waals surface area (Å²) in [7, 11) is 0. The molecule has 0 radical (unpaired) electrons. The molecule has 2 aliphatic rings. The molecular formula is C31H46FN. The molecule has 2 saturated carbocycles. The molecular weight excluding hydrogens is 405 g/mol. The number of hydrogen-bond donors (Lipinski definition) is 0. The van der Waals surface area contributed by atoms with Crippen LogP contribution in [0.1, 0.15) is 133 Å². The van der Waals surface area contributed by atoms with Crippen molar-refractivity contribution >= 4 is 0 Å². The normalized spacial score (nSPS) is 25.8. The van der Waals surface area contributed by atoms with Crippen LogP contribution >= 0.6 is 0 Å². The maximum atomic E-state index is 14.0. The molecule has 0 heterocycles. The van der Waals surface area contributed by atoms with Gasteiger partial charge >= 0.3 is 0 Å². The van der Waals surface area contributed by atoms with Crippen molar-refractivity contribution in [2.45, 2.75) is 122 Å². The number of hydrogen-bond acceptors (Lipinski definition) is 1. The second-order valence-electron chi connectivity index (χ2n) is 10.9. The average Bonchev–Trinajstić information content (AvgIpc) is 2.85. The first-order valence-corrected chi connectivity index (χ1v) is 14.1. The van der Waals surface area contributed by atoms with Gasteiger partial charge in [-0.2, -0.15) is 5.26 Å². The van der Waals surface area contributed by atoms with Crippen LogP contribution in [0, 0.1) is 34.9 Å². The van der Waals surface area contributed by atoms with Gasteiger partial charge in [-0.05, 0) is 92.7 Å². The van der Waals surface area contributed by atoms with Crippen LogP contribution in [-0.4, -0.2) is 0 Å². The lowest BCUT2D eigenvalue weighted by Gasteiger charge is -2.29. The third-order valence-corrected chi connectivity index (χ3v) is 8.37. The summed E-state index contributed by atoms with van der Waals surface area (Å²) in [5, 5.41) is 8.93. The number of allylic oxidation sites excluding steroid dienone is 2. The summed E-state index contributed by atoms with van der Waals surface area (Å²) in [6, 6.07) is 7.10. The van der Waals surface area contributed by atoms with E-state index in [1.165, 1.54) is 96.3 Å². The molecule has 33 heavy (non-hydrogen) atoms. The molecule has 3 rings (SSSR count). The van der Waals surface area contributed by atoms with Crippen molar-refractivity contribution in [2.24, 2.45) is 17.8 Å². The molecule has 0 bridgehead atoms. The second kappa shape index (κ2) is 14.6. The number of nitrogens with zero attached hydrogens (tertiary/aromatic N) is 1. The van der Waals surface area contributed by atoms with E-state index in [1.54, 1.807) is 12.1 Å². The van der Waals surface area contributed by atoms with E-state index in [2.05, 4.69) is 19.1 Å². The minimum atomic E-state index is -0.366. The summed E-state index contributed by atoms with van der Waals surface area (Å²) in [6.45, 7) is 2.29. The highest BCUT2D eigenvalue weighted by Gasteiger charge is 2.23. The SMILES string of the molecule is CCCCCCCCCCC1CCC(/C=C/C2CCC(c3ccc(C#N)c(F)c3)CC2)CC1. The van der Waals surface area contributed by atoms with Gasteiger partial charge in [0.1, 0.15) is 11.9 Å². The summed E-state index contributed by atoms with van der Waals surface area (Å²) in [5.74, 6) is 2.56. The molecule has 0 aliphatic heterocycles. The lowest BCUT2D eigenvalue weighted by molar-refractivity contribution is 0.287. The third kappa shape index (κ3) is 8.92. The van der Waals surface area contributed by atoms with Gasteiger partial charge in [-0.25, -0.2) is 4.39 Å². The van der Waals surface area contributed by atoms with Crippen molar-refractivity contribution < 1.29 is 4.39 Å². The minimum Gasteiger partial charge on any atom is -0.206 e. The smallest absolute Gasteiger partial charge is 0.141 e. The molecule has 0 atom stereocenters. The highest BCUT2D eigenvalue weighted by atomic mass is 19.1. The predicted molar refractivity (Wildman–Crippen MR) is 138 cm³/mol. The molecule has 0 saturated heterocycles. The highest BCUT2D eigenvalue weighted by molar-refractivity contribution is 5.35. The summed E-state index contributed by atoms with van der Waals surface area (Å²) in [4.78, 5) is 0. The van der Waals surface area contributed by atoms with Crippen LogP contribution in [0.3, 0.4) is 0 Å². The molecule has 0 N–H and O–H groups in total. The minimum absolute atomic E-state index is 0.155. The molecule has 2 fully saturated rings. The Labute approximate surface area is 202 Å². The maximum absolute atomic E-state index is 14.0. The largest absolute Gasteiger partial charge is 0.206 e. The highest BCUT2D eigenvalue weighted by Crippen LogP contribution is 2.38. The van der Waals surface area contributed by atoms with E-state index < -0.39 is 0 Å². The molecule has 1 aromatic rings. The van der Waals surface area contributed by atoms with E-state index in [-0.39, 0.29) is 11.4 Å². The standard InChI is InChI=1S/C31H46FN/c1-2-3-4-5-6-7-8-9-10-25-11-13-26(14-12-25)15-16-27-17-19-28(20-18-27)29-21-22-30(24-33)31(32)23-29/h15-16,21-23,25-28H,2-14,17-20H2,1H3/b16-15+. The molecule has 2 heteroatoms. The first kappa shape index (κ1) is 26.0. The zero-order valence-corrected chi connectivity index (χ0v) is 21.0. The molecule has 0 spiro atoms. The van der Waals surface area contributed by atoms with E-state index in [0.717, 1.165) is 30.2 Å². The topological polar surface area (TPSA) is 23.8 Å². The van der Waals surface area contributed by atoms with Gasteiger partial charge in [0, 0.05) is 0 Å². The molecule has 182 valence electrons. The molecule has 0 amide bonds. The van der Waals surface area contributed by atoms with Crippen LogP contribution in [0.4, 0.5) is 4.39 Å². The first-order chi connectivity index (χ1) is 16.2. The fraction of sp³-hybridized carbons (Fsp3) is 0.710. The first-order valence-electron chi connectivity index (χ1n) is 14.1. The Morgan fingerprint density at radius 1 is 0.818 bits per heavy atom. The zero-order chi connectivity index (χ0) is 23.3.